The van der Waals surface area contributed by atoms with Crippen molar-refractivity contribution < 1.29 is 13.9 Å². The summed E-state index contributed by atoms with van der Waals surface area (Å²) in [5.74, 6) is 2.95. The molecule has 0 unspecified atom stereocenters. The van der Waals surface area contributed by atoms with Crippen molar-refractivity contribution in [3.8, 4) is 5.75 Å². The zero-order valence-corrected chi connectivity index (χ0v) is 19.9. The molecule has 2 aliphatic carbocycles. The molecule has 2 saturated carbocycles. The van der Waals surface area contributed by atoms with Crippen molar-refractivity contribution in [2.45, 2.75) is 89.9 Å². The third-order valence-corrected chi connectivity index (χ3v) is 7.82. The number of hydrogen-bond acceptors (Lipinski definition) is 2. The highest BCUT2D eigenvalue weighted by atomic mass is 19.1. The van der Waals surface area contributed by atoms with Crippen LogP contribution in [-0.4, -0.2) is 19.1 Å². The highest BCUT2D eigenvalue weighted by molar-refractivity contribution is 5.86. The predicted molar refractivity (Wildman–Crippen MR) is 129 cm³/mol. The third-order valence-electron chi connectivity index (χ3n) is 7.82. The Kier molecular flexibility index (Phi) is 10.1. The van der Waals surface area contributed by atoms with Crippen LogP contribution in [0.15, 0.2) is 30.9 Å². The fourth-order valence-corrected chi connectivity index (χ4v) is 5.85. The Balaban J connectivity index is 1.40. The number of carbonyl (C=O) groups excluding carboxylic acids is 1. The van der Waals surface area contributed by atoms with E-state index in [1.807, 2.05) is 6.07 Å². The topological polar surface area (TPSA) is 38.3 Å². The molecule has 1 aromatic carbocycles. The van der Waals surface area contributed by atoms with Gasteiger partial charge in [0.15, 0.2) is 11.6 Å². The minimum atomic E-state index is -0.305. The van der Waals surface area contributed by atoms with E-state index < -0.39 is 0 Å². The molecule has 0 aromatic heterocycles. The zero-order valence-electron chi connectivity index (χ0n) is 19.9. The summed E-state index contributed by atoms with van der Waals surface area (Å²) in [6.45, 7) is 6.26. The number of unbranched alkanes of at least 4 members (excludes halogenated alkanes) is 2. The Morgan fingerprint density at radius 3 is 2.41 bits per heavy atom. The van der Waals surface area contributed by atoms with Gasteiger partial charge in [-0.3, -0.25) is 4.79 Å². The Morgan fingerprint density at radius 1 is 1.09 bits per heavy atom. The van der Waals surface area contributed by atoms with Crippen molar-refractivity contribution in [2.24, 2.45) is 17.8 Å². The van der Waals surface area contributed by atoms with Crippen LogP contribution in [0.5, 0.6) is 5.75 Å². The van der Waals surface area contributed by atoms with Gasteiger partial charge >= 0.3 is 0 Å². The molecule has 178 valence electrons. The first-order chi connectivity index (χ1) is 15.6. The maximum atomic E-state index is 14.5. The molecule has 1 amide bonds. The first-order valence-electron chi connectivity index (χ1n) is 12.9. The van der Waals surface area contributed by atoms with Gasteiger partial charge in [-0.15, -0.1) is 0 Å². The van der Waals surface area contributed by atoms with Crippen LogP contribution in [0.25, 0.3) is 0 Å². The molecule has 0 heterocycles. The van der Waals surface area contributed by atoms with Gasteiger partial charge in [0.25, 0.3) is 0 Å². The monoisotopic (exact) mass is 443 g/mol. The molecule has 0 aliphatic heterocycles. The molecule has 0 bridgehead atoms. The van der Waals surface area contributed by atoms with E-state index in [4.69, 9.17) is 4.74 Å². The number of nitrogens with one attached hydrogen (secondary N) is 1. The largest absolute Gasteiger partial charge is 0.489 e. The fraction of sp³-hybridized carbons (Fsp3) is 0.679. The summed E-state index contributed by atoms with van der Waals surface area (Å²) in [7, 11) is 0. The number of hydrogen-bond donors (Lipinski definition) is 1. The van der Waals surface area contributed by atoms with E-state index in [-0.39, 0.29) is 24.1 Å². The van der Waals surface area contributed by atoms with Gasteiger partial charge in [-0.2, -0.15) is 0 Å². The summed E-state index contributed by atoms with van der Waals surface area (Å²) < 4.78 is 20.0. The first kappa shape index (κ1) is 24.8. The number of amides is 1. The second kappa shape index (κ2) is 13.0. The van der Waals surface area contributed by atoms with Gasteiger partial charge in [-0.1, -0.05) is 58.1 Å². The minimum Gasteiger partial charge on any atom is -0.489 e. The molecule has 4 heteroatoms. The van der Waals surface area contributed by atoms with Crippen LogP contribution in [0.2, 0.25) is 0 Å². The van der Waals surface area contributed by atoms with Crippen LogP contribution < -0.4 is 10.1 Å². The van der Waals surface area contributed by atoms with Gasteiger partial charge < -0.3 is 10.1 Å². The number of carbonyl (C=O) groups is 1. The van der Waals surface area contributed by atoms with E-state index >= 15 is 0 Å². The van der Waals surface area contributed by atoms with Crippen molar-refractivity contribution in [1.29, 1.82) is 0 Å². The smallest absolute Gasteiger partial charge is 0.243 e. The molecular formula is C28H42FNO2. The lowest BCUT2D eigenvalue weighted by atomic mass is 9.68. The SMILES string of the molecule is C=CC(=O)NCCOc1ccc(C2CCC(C3CCC(CCCCC)CC3)CC2)cc1F. The summed E-state index contributed by atoms with van der Waals surface area (Å²) in [6, 6.07) is 5.42. The lowest BCUT2D eigenvalue weighted by molar-refractivity contribution is -0.116. The molecule has 2 aliphatic rings. The highest BCUT2D eigenvalue weighted by Crippen LogP contribution is 2.44. The fourth-order valence-electron chi connectivity index (χ4n) is 5.85. The average molecular weight is 444 g/mol. The average Bonchev–Trinajstić information content (AvgIpc) is 2.83. The highest BCUT2D eigenvalue weighted by Gasteiger charge is 2.31. The zero-order chi connectivity index (χ0) is 22.8. The maximum absolute atomic E-state index is 14.5. The van der Waals surface area contributed by atoms with Crippen LogP contribution in [0.4, 0.5) is 4.39 Å². The molecule has 0 spiro atoms. The van der Waals surface area contributed by atoms with Gasteiger partial charge in [0, 0.05) is 0 Å². The minimum absolute atomic E-state index is 0.238. The van der Waals surface area contributed by atoms with Crippen LogP contribution in [0, 0.1) is 23.6 Å². The van der Waals surface area contributed by atoms with E-state index in [0.717, 1.165) is 23.3 Å². The number of rotatable bonds is 11. The van der Waals surface area contributed by atoms with E-state index in [1.54, 1.807) is 12.1 Å². The number of ether oxygens (including phenoxy) is 1. The molecule has 0 atom stereocenters. The second-order valence-corrected chi connectivity index (χ2v) is 9.92. The van der Waals surface area contributed by atoms with Crippen LogP contribution in [0.1, 0.15) is 95.5 Å². The van der Waals surface area contributed by atoms with Crippen molar-refractivity contribution in [2.75, 3.05) is 13.2 Å². The van der Waals surface area contributed by atoms with Crippen molar-refractivity contribution in [1.82, 2.24) is 5.32 Å². The molecule has 0 radical (unpaired) electrons. The lowest BCUT2D eigenvalue weighted by Crippen LogP contribution is -2.26. The Hall–Kier alpha value is -1.84. The summed E-state index contributed by atoms with van der Waals surface area (Å²) in [4.78, 5) is 11.1. The molecule has 0 saturated heterocycles. The molecule has 1 aromatic rings. The molecule has 2 fully saturated rings. The predicted octanol–water partition coefficient (Wildman–Crippen LogP) is 7.17. The van der Waals surface area contributed by atoms with E-state index in [2.05, 4.69) is 18.8 Å². The van der Waals surface area contributed by atoms with Gasteiger partial charge in [0.2, 0.25) is 5.91 Å². The quantitative estimate of drug-likeness (QED) is 0.291. The van der Waals surface area contributed by atoms with Gasteiger partial charge in [-0.25, -0.2) is 4.39 Å². The third kappa shape index (κ3) is 7.35. The molecule has 32 heavy (non-hydrogen) atoms. The van der Waals surface area contributed by atoms with Crippen molar-refractivity contribution >= 4 is 5.91 Å². The molecule has 1 N–H and O–H groups in total. The molecule has 3 rings (SSSR count). The van der Waals surface area contributed by atoms with E-state index in [9.17, 15) is 9.18 Å². The maximum Gasteiger partial charge on any atom is 0.243 e. The standard InChI is InChI=1S/C28H42FNO2/c1-3-5-6-7-21-8-10-22(11-9-21)23-12-14-24(15-13-23)25-16-17-27(26(29)20-25)32-19-18-30-28(31)4-2/h4,16-17,20-24H,2-3,5-15,18-19H2,1H3,(H,30,31). The molecular weight excluding hydrogens is 401 g/mol. The Bertz CT molecular complexity index is 718. The van der Waals surface area contributed by atoms with Crippen LogP contribution >= 0.6 is 0 Å². The molecule has 3 nitrogen and oxygen atoms in total. The van der Waals surface area contributed by atoms with Gasteiger partial charge in [0.05, 0.1) is 6.54 Å². The van der Waals surface area contributed by atoms with Gasteiger partial charge in [0.1, 0.15) is 6.61 Å². The van der Waals surface area contributed by atoms with Crippen LogP contribution in [-0.2, 0) is 4.79 Å². The summed E-state index contributed by atoms with van der Waals surface area (Å²) >= 11 is 0. The summed E-state index contributed by atoms with van der Waals surface area (Å²) in [6.07, 6.45) is 17.5. The first-order valence-corrected chi connectivity index (χ1v) is 12.9. The second-order valence-electron chi connectivity index (χ2n) is 9.92. The normalized spacial score (nSPS) is 25.8. The number of benzene rings is 1. The van der Waals surface area contributed by atoms with Crippen molar-refractivity contribution in [3.05, 3.63) is 42.2 Å². The Labute approximate surface area is 194 Å². The lowest BCUT2D eigenvalue weighted by Gasteiger charge is -2.38. The summed E-state index contributed by atoms with van der Waals surface area (Å²) in [5.41, 5.74) is 1.10. The van der Waals surface area contributed by atoms with E-state index in [1.165, 1.54) is 83.1 Å². The van der Waals surface area contributed by atoms with Crippen molar-refractivity contribution in [3.63, 3.8) is 0 Å². The van der Waals surface area contributed by atoms with Gasteiger partial charge in [-0.05, 0) is 86.0 Å². The number of halogens is 1. The Morgan fingerprint density at radius 2 is 1.78 bits per heavy atom. The summed E-state index contributed by atoms with van der Waals surface area (Å²) in [5, 5.41) is 2.63. The van der Waals surface area contributed by atoms with Crippen LogP contribution in [0.3, 0.4) is 0 Å². The van der Waals surface area contributed by atoms with E-state index in [0.29, 0.717) is 12.5 Å².